The topological polar surface area (TPSA) is 57.6 Å². The molecule has 2 heterocycles. The number of anilines is 1. The monoisotopic (exact) mass is 402 g/mol. The van der Waals surface area contributed by atoms with Gasteiger partial charge >= 0.3 is 0 Å². The first-order valence-electron chi connectivity index (χ1n) is 10.1. The van der Waals surface area contributed by atoms with Crippen LogP contribution in [0.25, 0.3) is 0 Å². The molecule has 1 atom stereocenters. The first-order valence-corrected chi connectivity index (χ1v) is 10.1. The zero-order chi connectivity index (χ0) is 21.1. The minimum absolute atomic E-state index is 0.0300. The van der Waals surface area contributed by atoms with Crippen molar-refractivity contribution in [3.05, 3.63) is 89.7 Å². The lowest BCUT2D eigenvalue weighted by molar-refractivity contribution is -0.117. The van der Waals surface area contributed by atoms with E-state index in [2.05, 4.69) is 45.2 Å². The summed E-state index contributed by atoms with van der Waals surface area (Å²) in [7, 11) is 3.42. The van der Waals surface area contributed by atoms with Gasteiger partial charge in [0, 0.05) is 50.3 Å². The average Bonchev–Trinajstić information content (AvgIpc) is 3.22. The molecule has 0 fully saturated rings. The summed E-state index contributed by atoms with van der Waals surface area (Å²) < 4.78 is 2.25. The molecule has 6 nitrogen and oxygen atoms in total. The number of benzene rings is 2. The van der Waals surface area contributed by atoms with Gasteiger partial charge in [0.15, 0.2) is 0 Å². The highest BCUT2D eigenvalue weighted by molar-refractivity contribution is 5.97. The second-order valence-electron chi connectivity index (χ2n) is 7.74. The van der Waals surface area contributed by atoms with Gasteiger partial charge in [0.25, 0.3) is 5.91 Å². The number of aromatic nitrogens is 1. The summed E-state index contributed by atoms with van der Waals surface area (Å²) in [5.41, 5.74) is 3.54. The number of nitrogens with one attached hydrogen (secondary N) is 1. The number of carbonyl (C=O) groups excluding carboxylic acids is 2. The quantitative estimate of drug-likeness (QED) is 0.713. The van der Waals surface area contributed by atoms with Crippen molar-refractivity contribution in [3.8, 4) is 0 Å². The van der Waals surface area contributed by atoms with Gasteiger partial charge in [0.2, 0.25) is 5.91 Å². The van der Waals surface area contributed by atoms with E-state index in [4.69, 9.17) is 0 Å². The van der Waals surface area contributed by atoms with Gasteiger partial charge in [-0.05, 0) is 35.9 Å². The number of nitrogens with zero attached hydrogens (tertiary/aromatic N) is 3. The van der Waals surface area contributed by atoms with E-state index in [9.17, 15) is 9.59 Å². The van der Waals surface area contributed by atoms with Crippen molar-refractivity contribution in [2.45, 2.75) is 12.6 Å². The molecule has 0 saturated carbocycles. The Kier molecular flexibility index (Phi) is 5.68. The van der Waals surface area contributed by atoms with E-state index in [1.807, 2.05) is 18.2 Å². The molecule has 154 valence electrons. The van der Waals surface area contributed by atoms with Gasteiger partial charge in [-0.25, -0.2) is 0 Å². The van der Waals surface area contributed by atoms with E-state index in [1.54, 1.807) is 38.4 Å². The van der Waals surface area contributed by atoms with Gasteiger partial charge in [0.1, 0.15) is 0 Å². The van der Waals surface area contributed by atoms with E-state index in [0.717, 1.165) is 13.1 Å². The van der Waals surface area contributed by atoms with Gasteiger partial charge < -0.3 is 14.8 Å². The third-order valence-corrected chi connectivity index (χ3v) is 5.40. The van der Waals surface area contributed by atoms with E-state index in [1.165, 1.54) is 16.2 Å². The number of amides is 2. The van der Waals surface area contributed by atoms with Gasteiger partial charge in [0.05, 0.1) is 12.6 Å². The molecule has 2 amide bonds. The Morgan fingerprint density at radius 1 is 1.00 bits per heavy atom. The molecule has 30 heavy (non-hydrogen) atoms. The minimum Gasteiger partial charge on any atom is -0.348 e. The summed E-state index contributed by atoms with van der Waals surface area (Å²) in [6.45, 7) is 1.91. The number of carbonyl (C=O) groups is 2. The predicted octanol–water partition coefficient (Wildman–Crippen LogP) is 3.23. The fourth-order valence-corrected chi connectivity index (χ4v) is 3.99. The molecule has 2 aromatic carbocycles. The average molecular weight is 402 g/mol. The van der Waals surface area contributed by atoms with E-state index in [-0.39, 0.29) is 24.4 Å². The SMILES string of the molecule is CN(C)C(=O)c1cccc(NC(=O)CN2CCn3cccc3C2c2ccccc2)c1. The maximum atomic E-state index is 12.9. The predicted molar refractivity (Wildman–Crippen MR) is 117 cm³/mol. The zero-order valence-corrected chi connectivity index (χ0v) is 17.3. The minimum atomic E-state index is -0.0922. The van der Waals surface area contributed by atoms with Crippen molar-refractivity contribution in [1.82, 2.24) is 14.4 Å². The molecular formula is C24H26N4O2. The van der Waals surface area contributed by atoms with Crippen LogP contribution in [0.2, 0.25) is 0 Å². The lowest BCUT2D eigenvalue weighted by Crippen LogP contribution is -2.42. The molecule has 0 saturated heterocycles. The van der Waals surface area contributed by atoms with Crippen LogP contribution in [0.4, 0.5) is 5.69 Å². The van der Waals surface area contributed by atoms with Crippen molar-refractivity contribution < 1.29 is 9.59 Å². The zero-order valence-electron chi connectivity index (χ0n) is 17.3. The molecular weight excluding hydrogens is 376 g/mol. The number of rotatable bonds is 5. The third kappa shape index (κ3) is 4.14. The molecule has 6 heteroatoms. The fraction of sp³-hybridized carbons (Fsp3) is 0.250. The van der Waals surface area contributed by atoms with Crippen molar-refractivity contribution in [3.63, 3.8) is 0 Å². The van der Waals surface area contributed by atoms with Crippen LogP contribution in [0.1, 0.15) is 27.7 Å². The lowest BCUT2D eigenvalue weighted by Gasteiger charge is -2.36. The molecule has 1 N–H and O–H groups in total. The van der Waals surface area contributed by atoms with Crippen LogP contribution in [0.5, 0.6) is 0 Å². The van der Waals surface area contributed by atoms with E-state index < -0.39 is 0 Å². The summed E-state index contributed by atoms with van der Waals surface area (Å²) in [6.07, 6.45) is 2.09. The Labute approximate surface area is 176 Å². The highest BCUT2D eigenvalue weighted by atomic mass is 16.2. The molecule has 1 unspecified atom stereocenters. The highest BCUT2D eigenvalue weighted by Gasteiger charge is 2.29. The lowest BCUT2D eigenvalue weighted by atomic mass is 10.00. The van der Waals surface area contributed by atoms with E-state index >= 15 is 0 Å². The molecule has 0 radical (unpaired) electrons. The first-order chi connectivity index (χ1) is 14.5. The van der Waals surface area contributed by atoms with Gasteiger partial charge in [-0.1, -0.05) is 36.4 Å². The summed E-state index contributed by atoms with van der Waals surface area (Å²) in [6, 6.07) is 21.5. The fourth-order valence-electron chi connectivity index (χ4n) is 3.99. The molecule has 0 bridgehead atoms. The second-order valence-corrected chi connectivity index (χ2v) is 7.74. The van der Waals surface area contributed by atoms with Crippen LogP contribution in [-0.4, -0.2) is 53.4 Å². The molecule has 4 rings (SSSR count). The van der Waals surface area contributed by atoms with Crippen LogP contribution >= 0.6 is 0 Å². The van der Waals surface area contributed by atoms with Crippen molar-refractivity contribution >= 4 is 17.5 Å². The molecule has 1 aliphatic rings. The van der Waals surface area contributed by atoms with Crippen LogP contribution in [0, 0.1) is 0 Å². The van der Waals surface area contributed by atoms with Gasteiger partial charge in [-0.2, -0.15) is 0 Å². The number of hydrogen-bond donors (Lipinski definition) is 1. The Hall–Kier alpha value is -3.38. The normalized spacial score (nSPS) is 16.0. The first kappa shape index (κ1) is 19.9. The second kappa shape index (κ2) is 8.55. The van der Waals surface area contributed by atoms with Crippen LogP contribution in [0.15, 0.2) is 72.9 Å². The smallest absolute Gasteiger partial charge is 0.253 e. The largest absolute Gasteiger partial charge is 0.348 e. The Balaban J connectivity index is 1.51. The molecule has 1 aliphatic heterocycles. The Morgan fingerprint density at radius 2 is 1.80 bits per heavy atom. The molecule has 0 aliphatic carbocycles. The van der Waals surface area contributed by atoms with E-state index in [0.29, 0.717) is 11.3 Å². The number of fused-ring (bicyclic) bond motifs is 1. The summed E-state index contributed by atoms with van der Waals surface area (Å²) in [5.74, 6) is -0.183. The Bertz CT molecular complexity index is 1040. The van der Waals surface area contributed by atoms with Crippen molar-refractivity contribution in [2.24, 2.45) is 0 Å². The standard InChI is InChI=1S/C24H26N4O2/c1-26(2)24(30)19-10-6-11-20(16-19)25-22(29)17-28-15-14-27-13-7-12-21(27)23(28)18-8-4-3-5-9-18/h3-13,16,23H,14-15,17H2,1-2H3,(H,25,29). The maximum absolute atomic E-state index is 12.9. The maximum Gasteiger partial charge on any atom is 0.253 e. The van der Waals surface area contributed by atoms with Gasteiger partial charge in [-0.3, -0.25) is 14.5 Å². The molecule has 3 aromatic rings. The summed E-state index contributed by atoms with van der Waals surface area (Å²) in [5, 5.41) is 2.96. The van der Waals surface area contributed by atoms with Crippen LogP contribution < -0.4 is 5.32 Å². The molecule has 1 aromatic heterocycles. The van der Waals surface area contributed by atoms with Crippen LogP contribution in [-0.2, 0) is 11.3 Å². The summed E-state index contributed by atoms with van der Waals surface area (Å²) in [4.78, 5) is 28.8. The number of hydrogen-bond acceptors (Lipinski definition) is 3. The van der Waals surface area contributed by atoms with Crippen LogP contribution in [0.3, 0.4) is 0 Å². The Morgan fingerprint density at radius 3 is 2.57 bits per heavy atom. The third-order valence-electron chi connectivity index (χ3n) is 5.40. The summed E-state index contributed by atoms with van der Waals surface area (Å²) >= 11 is 0. The van der Waals surface area contributed by atoms with Crippen molar-refractivity contribution in [1.29, 1.82) is 0 Å². The van der Waals surface area contributed by atoms with Gasteiger partial charge in [-0.15, -0.1) is 0 Å². The molecule has 0 spiro atoms. The highest BCUT2D eigenvalue weighted by Crippen LogP contribution is 2.32. The van der Waals surface area contributed by atoms with Crippen molar-refractivity contribution in [2.75, 3.05) is 32.5 Å².